The summed E-state index contributed by atoms with van der Waals surface area (Å²) in [5, 5.41) is 8.72. The summed E-state index contributed by atoms with van der Waals surface area (Å²) in [4.78, 5) is 151. The third kappa shape index (κ3) is 18.0. The first kappa shape index (κ1) is 93.9. The van der Waals surface area contributed by atoms with Gasteiger partial charge in [-0.05, 0) is 77.2 Å². The van der Waals surface area contributed by atoms with Crippen LogP contribution < -0.4 is 51.1 Å². The van der Waals surface area contributed by atoms with E-state index in [1.165, 1.54) is 80.6 Å². The second-order valence-corrected chi connectivity index (χ2v) is 47.7. The maximum absolute atomic E-state index is 16.0. The quantitative estimate of drug-likeness (QED) is 0.0811. The molecule has 134 heavy (non-hydrogen) atoms. The number of anilines is 6. The van der Waals surface area contributed by atoms with Crippen LogP contribution in [-0.4, -0.2) is 275 Å². The van der Waals surface area contributed by atoms with Crippen LogP contribution in [0.2, 0.25) is 0 Å². The SMILES string of the molecule is Nc1nc2c(ncn2[C@@H]2O[C@@H]3COP(O)(=S)O[C@@H]4C(F)[C@H](n5cnc6c(N)ccnc65)ON4COP(=O)(S)O[C@H]2C3)c(=O)[nH]1.Nc1nc2c(ncn2[C@@H]2O[C@@H]3COP(O)(=S)O[C@@H]4C(F)[C@H](n5nnc6c(N)ccnc65)O[C@@H]4COP(O)(=S)O[C@H]2C3)c(=O)[nH]1.Nc1nc2c(ncn2[C@@H]2O[C@@H]3COP(O)(=S)O[C@H]4[C@H]5OC[C@]4(COP(O)(=S)O[C@@H]2[C@@H]3F)O[C@H]5n2cnc3c(N)ccnc32)c(=O)[nH]1. The number of hydroxylamine groups is 2. The lowest BCUT2D eigenvalue weighted by molar-refractivity contribution is -0.236. The van der Waals surface area contributed by atoms with Crippen LogP contribution in [0.25, 0.3) is 67.0 Å². The van der Waals surface area contributed by atoms with E-state index in [0.29, 0.717) is 28.1 Å². The number of imidazole rings is 5. The first-order chi connectivity index (χ1) is 63.6. The van der Waals surface area contributed by atoms with Gasteiger partial charge in [-0.1, -0.05) is 17.5 Å². The smallest absolute Gasteiger partial charge is 0.387 e. The molecule has 8 bridgehead atoms. The van der Waals surface area contributed by atoms with Crippen LogP contribution in [-0.2, 0) is 151 Å². The summed E-state index contributed by atoms with van der Waals surface area (Å²) in [6, 6.07) is 4.64. The van der Waals surface area contributed by atoms with Gasteiger partial charge in [0, 0.05) is 31.4 Å². The number of hydrogen-bond donors (Lipinski definition) is 15. The van der Waals surface area contributed by atoms with E-state index in [1.807, 2.05) is 0 Å². The number of thiol groups is 1. The van der Waals surface area contributed by atoms with E-state index in [0.717, 1.165) is 9.75 Å². The topological polar surface area (TPSA) is 749 Å². The van der Waals surface area contributed by atoms with Gasteiger partial charge in [0.15, 0.2) is 118 Å². The van der Waals surface area contributed by atoms with Crippen LogP contribution in [0.1, 0.15) is 50.2 Å². The van der Waals surface area contributed by atoms with Crippen molar-refractivity contribution in [2.45, 2.75) is 142 Å². The molecule has 20 N–H and O–H groups in total. The molecule has 10 aliphatic heterocycles. The molecule has 10 aliphatic rings. The van der Waals surface area contributed by atoms with Gasteiger partial charge in [0.25, 0.3) is 16.7 Å². The molecule has 718 valence electrons. The predicted molar refractivity (Wildman–Crippen MR) is 469 cm³/mol. The van der Waals surface area contributed by atoms with Gasteiger partial charge >= 0.3 is 40.4 Å². The molecule has 10 saturated heterocycles. The molecular formula is C62H70F3N29O28P6S6. The Balaban J connectivity index is 0.000000125. The fourth-order valence-electron chi connectivity index (χ4n) is 16.3. The number of H-pyrrole nitrogens is 3. The minimum Gasteiger partial charge on any atom is -0.397 e. The van der Waals surface area contributed by atoms with Gasteiger partial charge in [-0.2, -0.15) is 19.6 Å². The Bertz CT molecular complexity index is 6900. The summed E-state index contributed by atoms with van der Waals surface area (Å²) < 4.78 is 173. The van der Waals surface area contributed by atoms with E-state index >= 15 is 13.2 Å². The molecule has 12 aromatic rings. The van der Waals surface area contributed by atoms with E-state index in [1.54, 1.807) is 10.6 Å². The molecular weight excluding hydrogens is 2030 g/mol. The lowest BCUT2D eigenvalue weighted by atomic mass is 10.0. The standard InChI is InChI=1S/C22H24FN9O10P2S2.2C20H23FN10O9P2S2/c23-10-9-3-37-43(34,45)42-15-14-20(31-6-27-11-8(24)1-2-26-16(11)31)40-22(15,4-36-14)5-38-44(35,46)41-13(10)19(39-9)32-7-28-12-17(32)29-21(25)30-18(12)33;21-11-18(29-5-25-12-9(22)1-2-24-14(12)29)38-31-7-36-42(34,44)39-10-3-8(4-35-41(33,43)40-19(11)31)37-17(10)30-6-26-13-15(30)27-20(23)28-16(13)32;21-11-14-10(38-19(11)31-15-12(28-29-31)8(22)1-2-24-15)5-36-41(33,43)39-9-3-7(4-35-42(34,44)40-14)37-18(9)30-6-25-13-16(30)26-20(23)27-17(13)32/h1-2,6-7,9-10,13-15,19-20H,3-5H2,(H2,24,26)(H,34,45)(H,35,46)(H3,25,29,30,33);1-2,5-6,8,10-11,17-19H,3-4,7H2,(H2,22,24)(H,33,43)(H,34,44)(H3,23,27,28,32);1-2,6-7,9-11,14,18-19H,3-5H2,(H2,22,24)(H,33,43)(H,34,44)(H3,23,26,27,32)/t9-,10-,13-,14-,15+,19-,20-,22-,43?,44?;8-,10-,11?,17+,18+,19+,41?,42?;7-,9-,10+,11?,14-,18+,19+,41?,42?/m100/s1. The number of nitrogens with two attached hydrogens (primary N) is 6. The zero-order chi connectivity index (χ0) is 94.1. The Kier molecular flexibility index (Phi) is 24.9. The predicted octanol–water partition coefficient (Wildman–Crippen LogP) is 0.867. The number of aromatic amines is 3. The van der Waals surface area contributed by atoms with Gasteiger partial charge in [0.1, 0.15) is 72.2 Å². The maximum Gasteiger partial charge on any atom is 0.387 e. The molecule has 0 aliphatic carbocycles. The largest absolute Gasteiger partial charge is 0.397 e. The number of pyridine rings is 3. The third-order valence-electron chi connectivity index (χ3n) is 22.2. The molecule has 72 heteroatoms. The number of aromatic nitrogens is 22. The molecule has 0 spiro atoms. The molecule has 0 aromatic carbocycles. The van der Waals surface area contributed by atoms with Gasteiger partial charge in [-0.15, -0.1) is 10.2 Å². The molecule has 12 aromatic heterocycles. The van der Waals surface area contributed by atoms with Crippen LogP contribution in [0.5, 0.6) is 0 Å². The van der Waals surface area contributed by atoms with Crippen molar-refractivity contribution in [2.75, 3.05) is 80.8 Å². The fourth-order valence-corrected chi connectivity index (χ4v) is 24.8. The summed E-state index contributed by atoms with van der Waals surface area (Å²) in [5.41, 5.74) is 34.3. The molecule has 0 amide bonds. The van der Waals surface area contributed by atoms with Crippen molar-refractivity contribution in [3.63, 3.8) is 0 Å². The summed E-state index contributed by atoms with van der Waals surface area (Å²) in [5.74, 6) is -0.564. The Labute approximate surface area is 773 Å². The van der Waals surface area contributed by atoms with Crippen LogP contribution in [0.4, 0.5) is 48.1 Å². The first-order valence-corrected chi connectivity index (χ1v) is 54.8. The highest BCUT2D eigenvalue weighted by atomic mass is 32.7. The summed E-state index contributed by atoms with van der Waals surface area (Å²) in [6.45, 7) is -28.2. The van der Waals surface area contributed by atoms with Gasteiger partial charge in [-0.3, -0.25) is 84.2 Å². The maximum atomic E-state index is 16.0. The second-order valence-electron chi connectivity index (χ2n) is 30.9. The van der Waals surface area contributed by atoms with Crippen LogP contribution >= 0.6 is 52.6 Å². The molecule has 0 saturated carbocycles. The molecule has 22 heterocycles. The van der Waals surface area contributed by atoms with E-state index < -0.39 is 212 Å². The lowest BCUT2D eigenvalue weighted by Crippen LogP contribution is -2.45. The first-order valence-electron chi connectivity index (χ1n) is 39.1. The highest BCUT2D eigenvalue weighted by Gasteiger charge is 2.66. The van der Waals surface area contributed by atoms with E-state index in [9.17, 15) is 43.4 Å². The average molecular weight is 2100 g/mol. The van der Waals surface area contributed by atoms with Crippen molar-refractivity contribution >= 4 is 214 Å². The van der Waals surface area contributed by atoms with Gasteiger partial charge in [0.2, 0.25) is 17.8 Å². The van der Waals surface area contributed by atoms with E-state index in [2.05, 4.69) is 92.3 Å². The number of hydrogen-bond acceptors (Lipinski definition) is 48. The van der Waals surface area contributed by atoms with E-state index in [4.69, 9.17) is 181 Å². The number of alkyl halides is 3. The third-order valence-corrected chi connectivity index (χ3v) is 31.6. The van der Waals surface area contributed by atoms with Crippen LogP contribution in [0, 0.1) is 0 Å². The summed E-state index contributed by atoms with van der Waals surface area (Å²) >= 11 is 30.4. The number of nitrogens with one attached hydrogen (secondary N) is 3. The van der Waals surface area contributed by atoms with Gasteiger partial charge in [0.05, 0.1) is 101 Å². The Hall–Kier alpha value is -7.74. The molecule has 27 atom stereocenters. The molecule has 22 rings (SSSR count). The van der Waals surface area contributed by atoms with Gasteiger partial charge in [-0.25, -0.2) is 57.6 Å². The summed E-state index contributed by atoms with van der Waals surface area (Å²) in [7, 11) is 0. The highest BCUT2D eigenvalue weighted by Crippen LogP contribution is 2.62. The number of rotatable bonds is 6. The van der Waals surface area contributed by atoms with Crippen LogP contribution in [0.3, 0.4) is 0 Å². The Morgan fingerprint density at radius 2 is 0.881 bits per heavy atom. The molecule has 57 nitrogen and oxygen atoms in total. The number of nitrogens with zero attached hydrogens (tertiary/aromatic N) is 20. The summed E-state index contributed by atoms with van der Waals surface area (Å²) in [6.07, 6.45) is -15.7. The highest BCUT2D eigenvalue weighted by molar-refractivity contribution is 8.44. The zero-order valence-corrected chi connectivity index (χ0v) is 77.4. The van der Waals surface area contributed by atoms with Crippen LogP contribution in [0.15, 0.2) is 82.8 Å². The zero-order valence-electron chi connectivity index (χ0n) is 67.1. The van der Waals surface area contributed by atoms with E-state index in [-0.39, 0.29) is 106 Å². The average Bonchev–Trinajstić information content (AvgIpc) is 1.55. The normalized spacial score (nSPS) is 37.2. The van der Waals surface area contributed by atoms with Gasteiger partial charge < -0.3 is 114 Å². The van der Waals surface area contributed by atoms with Crippen molar-refractivity contribution in [2.24, 2.45) is 0 Å². The number of ether oxygens (including phenoxy) is 6. The second kappa shape index (κ2) is 35.5. The minimum absolute atomic E-state index is 0.0209. The molecule has 10 fully saturated rings. The van der Waals surface area contributed by atoms with Crippen molar-refractivity contribution < 1.29 is 130 Å². The number of nitrogen functional groups attached to an aromatic ring is 6. The molecule has 0 radical (unpaired) electrons. The minimum atomic E-state index is -4.29. The monoisotopic (exact) mass is 2100 g/mol. The Morgan fingerprint density at radius 3 is 1.44 bits per heavy atom. The number of halogens is 3. The van der Waals surface area contributed by atoms with Crippen molar-refractivity contribution in [3.8, 4) is 0 Å². The van der Waals surface area contributed by atoms with Crippen molar-refractivity contribution in [1.82, 2.24) is 113 Å². The lowest BCUT2D eigenvalue weighted by Gasteiger charge is -2.33. The van der Waals surface area contributed by atoms with Crippen molar-refractivity contribution in [3.05, 3.63) is 99.5 Å². The number of fused-ring (bicyclic) bond motifs is 14. The molecule has 8 unspecified atom stereocenters. The fraction of sp³-hybridized carbons (Fsp3) is 0.484. The van der Waals surface area contributed by atoms with Crippen molar-refractivity contribution in [1.29, 1.82) is 0 Å². The Morgan fingerprint density at radius 1 is 0.433 bits per heavy atom.